The topological polar surface area (TPSA) is 47.1 Å². The Kier molecular flexibility index (Phi) is 5.40. The average Bonchev–Trinajstić information content (AvgIpc) is 2.87. The Morgan fingerprint density at radius 1 is 1.32 bits per heavy atom. The van der Waals surface area contributed by atoms with E-state index >= 15 is 0 Å². The minimum absolute atomic E-state index is 0.466. The lowest BCUT2D eigenvalue weighted by Crippen LogP contribution is -2.42. The van der Waals surface area contributed by atoms with Gasteiger partial charge in [0.1, 0.15) is 0 Å². The van der Waals surface area contributed by atoms with Crippen molar-refractivity contribution >= 4 is 0 Å². The van der Waals surface area contributed by atoms with Crippen molar-refractivity contribution in [1.29, 1.82) is 0 Å². The second-order valence-electron chi connectivity index (χ2n) is 5.60. The Balaban J connectivity index is 2.25. The van der Waals surface area contributed by atoms with Crippen LogP contribution in [0, 0.1) is 5.92 Å². The predicted octanol–water partition coefficient (Wildman–Crippen LogP) is 2.41. The van der Waals surface area contributed by atoms with Crippen LogP contribution in [-0.4, -0.2) is 34.3 Å². The lowest BCUT2D eigenvalue weighted by atomic mass is 9.87. The first kappa shape index (κ1) is 14.5. The monoisotopic (exact) mass is 264 g/mol. The normalized spacial score (nSPS) is 24.8. The zero-order valence-electron chi connectivity index (χ0n) is 12.4. The quantitative estimate of drug-likeness (QED) is 0.858. The number of nitrogens with zero attached hydrogens (tertiary/aromatic N) is 3. The lowest BCUT2D eigenvalue weighted by Gasteiger charge is -2.41. The summed E-state index contributed by atoms with van der Waals surface area (Å²) < 4.78 is 2.18. The highest BCUT2D eigenvalue weighted by molar-refractivity contribution is 5.10. The molecular formula is C15H28N4. The molecule has 1 fully saturated rings. The fourth-order valence-corrected chi connectivity index (χ4v) is 3.36. The molecule has 0 spiro atoms. The van der Waals surface area contributed by atoms with E-state index in [2.05, 4.69) is 34.6 Å². The molecule has 2 rings (SSSR count). The van der Waals surface area contributed by atoms with Crippen molar-refractivity contribution in [3.63, 3.8) is 0 Å². The number of aromatic nitrogens is 2. The van der Waals surface area contributed by atoms with E-state index in [0.29, 0.717) is 12.0 Å². The summed E-state index contributed by atoms with van der Waals surface area (Å²) in [5.74, 6) is 0.576. The number of likely N-dealkylation sites (tertiary alicyclic amines) is 1. The molecule has 1 saturated heterocycles. The first-order valence-corrected chi connectivity index (χ1v) is 7.77. The summed E-state index contributed by atoms with van der Waals surface area (Å²) in [7, 11) is 0. The number of aryl methyl sites for hydroxylation is 1. The van der Waals surface area contributed by atoms with E-state index in [-0.39, 0.29) is 0 Å². The van der Waals surface area contributed by atoms with Gasteiger partial charge in [0.15, 0.2) is 0 Å². The molecule has 4 nitrogen and oxygen atoms in total. The van der Waals surface area contributed by atoms with Gasteiger partial charge in [0, 0.05) is 12.7 Å². The lowest BCUT2D eigenvalue weighted by molar-refractivity contribution is 0.0892. The maximum Gasteiger partial charge on any atom is 0.0559 e. The van der Waals surface area contributed by atoms with Crippen molar-refractivity contribution in [2.45, 2.75) is 52.1 Å². The molecule has 0 aromatic carbocycles. The second kappa shape index (κ2) is 7.06. The molecule has 1 aliphatic rings. The van der Waals surface area contributed by atoms with Crippen LogP contribution in [0.15, 0.2) is 12.3 Å². The van der Waals surface area contributed by atoms with Crippen LogP contribution in [0.3, 0.4) is 0 Å². The van der Waals surface area contributed by atoms with Gasteiger partial charge < -0.3 is 5.73 Å². The van der Waals surface area contributed by atoms with Crippen LogP contribution in [0.4, 0.5) is 0 Å². The van der Waals surface area contributed by atoms with Crippen molar-refractivity contribution in [2.24, 2.45) is 11.7 Å². The van der Waals surface area contributed by atoms with Crippen LogP contribution in [0.5, 0.6) is 0 Å². The fourth-order valence-electron chi connectivity index (χ4n) is 3.36. The standard InChI is InChI=1S/C15H28N4/c1-3-9-18-11-5-6-13(12-16)15(18)14-7-8-17-19(14)10-4-2/h7-8,13,15H,3-6,9-12,16H2,1-2H3. The summed E-state index contributed by atoms with van der Waals surface area (Å²) in [4.78, 5) is 2.62. The summed E-state index contributed by atoms with van der Waals surface area (Å²) in [6.45, 7) is 8.62. The van der Waals surface area contributed by atoms with Crippen LogP contribution < -0.4 is 5.73 Å². The molecular weight excluding hydrogens is 236 g/mol. The zero-order chi connectivity index (χ0) is 13.7. The third-order valence-corrected chi connectivity index (χ3v) is 4.16. The van der Waals surface area contributed by atoms with Crippen LogP contribution in [0.2, 0.25) is 0 Å². The number of piperidine rings is 1. The molecule has 2 atom stereocenters. The molecule has 0 aliphatic carbocycles. The second-order valence-corrected chi connectivity index (χ2v) is 5.60. The predicted molar refractivity (Wildman–Crippen MR) is 78.9 cm³/mol. The molecule has 0 saturated carbocycles. The minimum Gasteiger partial charge on any atom is -0.330 e. The van der Waals surface area contributed by atoms with Crippen molar-refractivity contribution in [2.75, 3.05) is 19.6 Å². The molecule has 2 unspecified atom stereocenters. The van der Waals surface area contributed by atoms with E-state index < -0.39 is 0 Å². The van der Waals surface area contributed by atoms with Gasteiger partial charge in [-0.15, -0.1) is 0 Å². The van der Waals surface area contributed by atoms with Gasteiger partial charge in [-0.2, -0.15) is 5.10 Å². The fraction of sp³-hybridized carbons (Fsp3) is 0.800. The smallest absolute Gasteiger partial charge is 0.0559 e. The van der Waals surface area contributed by atoms with Gasteiger partial charge in [0.05, 0.1) is 11.7 Å². The maximum atomic E-state index is 6.03. The minimum atomic E-state index is 0.466. The number of hydrogen-bond acceptors (Lipinski definition) is 3. The van der Waals surface area contributed by atoms with Crippen LogP contribution >= 0.6 is 0 Å². The number of hydrogen-bond donors (Lipinski definition) is 1. The maximum absolute atomic E-state index is 6.03. The molecule has 108 valence electrons. The van der Waals surface area contributed by atoms with E-state index in [9.17, 15) is 0 Å². The molecule has 0 amide bonds. The molecule has 2 N–H and O–H groups in total. The average molecular weight is 264 g/mol. The van der Waals surface area contributed by atoms with Crippen molar-refractivity contribution in [3.8, 4) is 0 Å². The molecule has 0 radical (unpaired) electrons. The Bertz CT molecular complexity index is 372. The SMILES string of the molecule is CCCN1CCCC(CN)C1c1ccnn1CCC. The number of nitrogens with two attached hydrogens (primary N) is 1. The van der Waals surface area contributed by atoms with E-state index in [1.54, 1.807) is 0 Å². The van der Waals surface area contributed by atoms with Crippen LogP contribution in [0.25, 0.3) is 0 Å². The molecule has 2 heterocycles. The van der Waals surface area contributed by atoms with Crippen LogP contribution in [0.1, 0.15) is 51.3 Å². The van der Waals surface area contributed by atoms with Gasteiger partial charge in [-0.1, -0.05) is 13.8 Å². The zero-order valence-corrected chi connectivity index (χ0v) is 12.4. The van der Waals surface area contributed by atoms with Crippen LogP contribution in [-0.2, 0) is 6.54 Å². The first-order chi connectivity index (χ1) is 9.31. The van der Waals surface area contributed by atoms with E-state index in [0.717, 1.165) is 19.5 Å². The van der Waals surface area contributed by atoms with Crippen molar-refractivity contribution in [1.82, 2.24) is 14.7 Å². The van der Waals surface area contributed by atoms with Gasteiger partial charge in [-0.3, -0.25) is 9.58 Å². The van der Waals surface area contributed by atoms with Gasteiger partial charge in [-0.25, -0.2) is 0 Å². The number of rotatable bonds is 6. The van der Waals surface area contributed by atoms with Gasteiger partial charge >= 0.3 is 0 Å². The Morgan fingerprint density at radius 3 is 2.79 bits per heavy atom. The largest absolute Gasteiger partial charge is 0.330 e. The van der Waals surface area contributed by atoms with E-state index in [4.69, 9.17) is 5.73 Å². The van der Waals surface area contributed by atoms with Crippen molar-refractivity contribution < 1.29 is 0 Å². The Morgan fingerprint density at radius 2 is 2.11 bits per heavy atom. The molecule has 1 aliphatic heterocycles. The van der Waals surface area contributed by atoms with Crippen molar-refractivity contribution in [3.05, 3.63) is 18.0 Å². The third kappa shape index (κ3) is 3.18. The molecule has 1 aromatic rings. The van der Waals surface area contributed by atoms with Gasteiger partial charge in [-0.05, 0) is 57.3 Å². The summed E-state index contributed by atoms with van der Waals surface area (Å²) >= 11 is 0. The highest BCUT2D eigenvalue weighted by Gasteiger charge is 2.33. The molecule has 19 heavy (non-hydrogen) atoms. The van der Waals surface area contributed by atoms with Gasteiger partial charge in [0.2, 0.25) is 0 Å². The highest BCUT2D eigenvalue weighted by atomic mass is 15.3. The summed E-state index contributed by atoms with van der Waals surface area (Å²) in [6.07, 6.45) is 6.80. The Labute approximate surface area is 117 Å². The van der Waals surface area contributed by atoms with Gasteiger partial charge in [0.25, 0.3) is 0 Å². The molecule has 4 heteroatoms. The molecule has 0 bridgehead atoms. The summed E-state index contributed by atoms with van der Waals surface area (Å²) in [5.41, 5.74) is 7.39. The summed E-state index contributed by atoms with van der Waals surface area (Å²) in [6, 6.07) is 2.66. The third-order valence-electron chi connectivity index (χ3n) is 4.16. The first-order valence-electron chi connectivity index (χ1n) is 7.77. The van der Waals surface area contributed by atoms with E-state index in [1.807, 2.05) is 6.20 Å². The van der Waals surface area contributed by atoms with E-state index in [1.165, 1.54) is 38.0 Å². The highest BCUT2D eigenvalue weighted by Crippen LogP contribution is 2.35. The summed E-state index contributed by atoms with van der Waals surface area (Å²) in [5, 5.41) is 4.49. The Hall–Kier alpha value is -0.870. The molecule has 1 aromatic heterocycles.